The average Bonchev–Trinajstić information content (AvgIpc) is 2.46. The lowest BCUT2D eigenvalue weighted by molar-refractivity contribution is 0.182. The van der Waals surface area contributed by atoms with Crippen molar-refractivity contribution in [2.45, 2.75) is 26.2 Å². The number of benzene rings is 1. The van der Waals surface area contributed by atoms with E-state index in [0.717, 1.165) is 36.1 Å². The molecule has 1 saturated heterocycles. The van der Waals surface area contributed by atoms with Gasteiger partial charge in [0.2, 0.25) is 0 Å². The van der Waals surface area contributed by atoms with Crippen molar-refractivity contribution in [1.82, 2.24) is 10.2 Å². The molecule has 1 fully saturated rings. The molecule has 0 aromatic heterocycles. The van der Waals surface area contributed by atoms with E-state index in [1.54, 1.807) is 0 Å². The first-order valence-electron chi connectivity index (χ1n) is 7.66. The summed E-state index contributed by atoms with van der Waals surface area (Å²) >= 11 is 11.1. The number of hydrogen-bond donors (Lipinski definition) is 2. The van der Waals surface area contributed by atoms with Crippen LogP contribution in [0.4, 0.5) is 5.69 Å². The maximum Gasteiger partial charge on any atom is 0.170 e. The van der Waals surface area contributed by atoms with Gasteiger partial charge in [0.15, 0.2) is 5.11 Å². The Morgan fingerprint density at radius 2 is 2.14 bits per heavy atom. The van der Waals surface area contributed by atoms with Gasteiger partial charge in [0.05, 0.1) is 0 Å². The van der Waals surface area contributed by atoms with Gasteiger partial charge in [-0.05, 0) is 74.8 Å². The molecule has 1 heterocycles. The minimum Gasteiger partial charge on any atom is -0.362 e. The van der Waals surface area contributed by atoms with Gasteiger partial charge < -0.3 is 15.5 Å². The first-order chi connectivity index (χ1) is 10.1. The molecule has 1 atom stereocenters. The van der Waals surface area contributed by atoms with Crippen LogP contribution in [0.3, 0.4) is 0 Å². The Morgan fingerprint density at radius 3 is 2.86 bits per heavy atom. The molecule has 1 aromatic rings. The van der Waals surface area contributed by atoms with E-state index in [4.69, 9.17) is 23.8 Å². The molecule has 0 spiro atoms. The van der Waals surface area contributed by atoms with Crippen LogP contribution in [-0.2, 0) is 0 Å². The summed E-state index contributed by atoms with van der Waals surface area (Å²) in [6, 6.07) is 7.55. The van der Waals surface area contributed by atoms with Crippen LogP contribution in [0.15, 0.2) is 24.3 Å². The maximum absolute atomic E-state index is 5.85. The molecule has 5 heteroatoms. The summed E-state index contributed by atoms with van der Waals surface area (Å²) in [4.78, 5) is 2.56. The second-order valence-corrected chi connectivity index (χ2v) is 6.63. The van der Waals surface area contributed by atoms with Gasteiger partial charge in [-0.1, -0.05) is 18.5 Å². The second kappa shape index (κ2) is 8.57. The van der Waals surface area contributed by atoms with Crippen molar-refractivity contribution in [3.8, 4) is 0 Å². The van der Waals surface area contributed by atoms with Crippen molar-refractivity contribution < 1.29 is 0 Å². The van der Waals surface area contributed by atoms with Gasteiger partial charge in [0, 0.05) is 23.8 Å². The smallest absolute Gasteiger partial charge is 0.170 e. The molecule has 2 rings (SSSR count). The number of nitrogens with one attached hydrogen (secondary N) is 2. The van der Waals surface area contributed by atoms with Gasteiger partial charge in [0.25, 0.3) is 0 Å². The molecule has 0 amide bonds. The minimum atomic E-state index is 0.671. The zero-order valence-electron chi connectivity index (χ0n) is 12.6. The minimum absolute atomic E-state index is 0.671. The lowest BCUT2D eigenvalue weighted by Gasteiger charge is -2.30. The number of rotatable bonds is 5. The highest BCUT2D eigenvalue weighted by Gasteiger charge is 2.15. The van der Waals surface area contributed by atoms with Crippen molar-refractivity contribution in [2.24, 2.45) is 5.92 Å². The molecule has 1 aliphatic heterocycles. The monoisotopic (exact) mass is 325 g/mol. The predicted molar refractivity (Wildman–Crippen MR) is 95.1 cm³/mol. The van der Waals surface area contributed by atoms with Gasteiger partial charge >= 0.3 is 0 Å². The molecule has 0 radical (unpaired) electrons. The lowest BCUT2D eigenvalue weighted by Crippen LogP contribution is -2.37. The Bertz CT molecular complexity index is 449. The summed E-state index contributed by atoms with van der Waals surface area (Å²) in [5, 5.41) is 7.82. The van der Waals surface area contributed by atoms with Crippen LogP contribution in [0.25, 0.3) is 0 Å². The molecule has 0 saturated carbocycles. The van der Waals surface area contributed by atoms with E-state index in [2.05, 4.69) is 22.5 Å². The fourth-order valence-electron chi connectivity index (χ4n) is 2.70. The Hall–Kier alpha value is -0.840. The zero-order chi connectivity index (χ0) is 15.1. The number of thiocarbonyl (C=S) groups is 1. The third-order valence-corrected chi connectivity index (χ3v) is 4.28. The molecule has 0 unspecified atom stereocenters. The number of anilines is 1. The molecule has 0 bridgehead atoms. The Balaban J connectivity index is 1.59. The summed E-state index contributed by atoms with van der Waals surface area (Å²) < 4.78 is 0. The Labute approximate surface area is 138 Å². The second-order valence-electron chi connectivity index (χ2n) is 5.79. The largest absolute Gasteiger partial charge is 0.362 e. The number of likely N-dealkylation sites (tertiary alicyclic amines) is 1. The van der Waals surface area contributed by atoms with E-state index in [-0.39, 0.29) is 0 Å². The molecule has 1 aliphatic rings. The molecule has 116 valence electrons. The van der Waals surface area contributed by atoms with Crippen LogP contribution >= 0.6 is 23.8 Å². The highest BCUT2D eigenvalue weighted by Crippen LogP contribution is 2.15. The molecular formula is C16H24ClN3S. The lowest BCUT2D eigenvalue weighted by atomic mass is 10.0. The van der Waals surface area contributed by atoms with E-state index >= 15 is 0 Å². The summed E-state index contributed by atoms with van der Waals surface area (Å²) in [5.41, 5.74) is 0.960. The van der Waals surface area contributed by atoms with Crippen LogP contribution in [0, 0.1) is 5.92 Å². The van der Waals surface area contributed by atoms with Gasteiger partial charge in [0.1, 0.15) is 0 Å². The van der Waals surface area contributed by atoms with E-state index in [1.807, 2.05) is 24.3 Å². The molecule has 1 aromatic carbocycles. The molecule has 0 aliphatic carbocycles. The van der Waals surface area contributed by atoms with Crippen molar-refractivity contribution in [2.75, 3.05) is 31.5 Å². The number of halogens is 1. The number of nitrogens with zero attached hydrogens (tertiary/aromatic N) is 1. The van der Waals surface area contributed by atoms with Gasteiger partial charge in [-0.15, -0.1) is 0 Å². The molecule has 2 N–H and O–H groups in total. The first kappa shape index (κ1) is 16.5. The van der Waals surface area contributed by atoms with Crippen LogP contribution in [0.1, 0.15) is 26.2 Å². The normalized spacial score (nSPS) is 19.2. The average molecular weight is 326 g/mol. The predicted octanol–water partition coefficient (Wildman–Crippen LogP) is 3.75. The number of hydrogen-bond acceptors (Lipinski definition) is 2. The molecule has 21 heavy (non-hydrogen) atoms. The van der Waals surface area contributed by atoms with E-state index in [9.17, 15) is 0 Å². The summed E-state index contributed by atoms with van der Waals surface area (Å²) in [6.07, 6.45) is 3.84. The summed E-state index contributed by atoms with van der Waals surface area (Å²) in [6.45, 7) is 6.89. The van der Waals surface area contributed by atoms with Gasteiger partial charge in [-0.2, -0.15) is 0 Å². The standard InChI is InChI=1S/C16H24ClN3S/c1-13-4-2-10-20(12-13)11-3-9-18-16(21)19-15-7-5-14(17)6-8-15/h5-8,13H,2-4,9-12H2,1H3,(H2,18,19,21)/t13-/m0/s1. The summed E-state index contributed by atoms with van der Waals surface area (Å²) in [7, 11) is 0. The van der Waals surface area contributed by atoms with E-state index < -0.39 is 0 Å². The van der Waals surface area contributed by atoms with Crippen molar-refractivity contribution in [1.29, 1.82) is 0 Å². The summed E-state index contributed by atoms with van der Waals surface area (Å²) in [5.74, 6) is 0.847. The highest BCUT2D eigenvalue weighted by atomic mass is 35.5. The van der Waals surface area contributed by atoms with E-state index in [0.29, 0.717) is 5.11 Å². The third kappa shape index (κ3) is 6.20. The maximum atomic E-state index is 5.85. The molecule has 3 nitrogen and oxygen atoms in total. The van der Waals surface area contributed by atoms with Crippen LogP contribution in [0.2, 0.25) is 5.02 Å². The van der Waals surface area contributed by atoms with Crippen molar-refractivity contribution in [3.63, 3.8) is 0 Å². The quantitative estimate of drug-likeness (QED) is 0.637. The van der Waals surface area contributed by atoms with Gasteiger partial charge in [-0.25, -0.2) is 0 Å². The Kier molecular flexibility index (Phi) is 6.74. The van der Waals surface area contributed by atoms with Crippen LogP contribution in [0.5, 0.6) is 0 Å². The zero-order valence-corrected chi connectivity index (χ0v) is 14.1. The van der Waals surface area contributed by atoms with Gasteiger partial charge in [-0.3, -0.25) is 0 Å². The van der Waals surface area contributed by atoms with E-state index in [1.165, 1.54) is 25.9 Å². The fourth-order valence-corrected chi connectivity index (χ4v) is 3.05. The third-order valence-electron chi connectivity index (χ3n) is 3.78. The topological polar surface area (TPSA) is 27.3 Å². The van der Waals surface area contributed by atoms with Crippen molar-refractivity contribution >= 4 is 34.6 Å². The SMILES string of the molecule is C[C@H]1CCCN(CCCNC(=S)Nc2ccc(Cl)cc2)C1. The fraction of sp³-hybridized carbons (Fsp3) is 0.562. The Morgan fingerprint density at radius 1 is 1.38 bits per heavy atom. The number of piperidine rings is 1. The van der Waals surface area contributed by atoms with Crippen molar-refractivity contribution in [3.05, 3.63) is 29.3 Å². The molecular weight excluding hydrogens is 302 g/mol. The van der Waals surface area contributed by atoms with Crippen LogP contribution < -0.4 is 10.6 Å². The first-order valence-corrected chi connectivity index (χ1v) is 8.45. The van der Waals surface area contributed by atoms with Crippen LogP contribution in [-0.4, -0.2) is 36.2 Å². The highest BCUT2D eigenvalue weighted by molar-refractivity contribution is 7.80.